The minimum Gasteiger partial charge on any atom is -0.488 e. The number of allylic oxidation sites excluding steroid dienone is 1. The predicted octanol–water partition coefficient (Wildman–Crippen LogP) is 3.99. The highest BCUT2D eigenvalue weighted by Gasteiger charge is 2.30. The van der Waals surface area contributed by atoms with E-state index in [0.29, 0.717) is 23.0 Å². The van der Waals surface area contributed by atoms with E-state index in [1.807, 2.05) is 48.5 Å². The summed E-state index contributed by atoms with van der Waals surface area (Å²) in [5, 5.41) is 6.57. The second kappa shape index (κ2) is 8.54. The number of nitrogens with one attached hydrogen (secondary N) is 2. The quantitative estimate of drug-likeness (QED) is 0.534. The summed E-state index contributed by atoms with van der Waals surface area (Å²) in [6, 6.07) is 15.3. The molecular weight excluding hydrogens is 428 g/mol. The van der Waals surface area contributed by atoms with E-state index >= 15 is 0 Å². The first kappa shape index (κ1) is 19.4. The van der Waals surface area contributed by atoms with Crippen LogP contribution in [0.3, 0.4) is 0 Å². The van der Waals surface area contributed by atoms with Gasteiger partial charge in [-0.05, 0) is 58.3 Å². The van der Waals surface area contributed by atoms with Crippen molar-refractivity contribution in [1.82, 2.24) is 10.6 Å². The van der Waals surface area contributed by atoms with Crippen LogP contribution in [0.1, 0.15) is 24.1 Å². The van der Waals surface area contributed by atoms with Gasteiger partial charge in [0.1, 0.15) is 12.4 Å². The Bertz CT molecular complexity index is 899. The monoisotopic (exact) mass is 446 g/mol. The molecule has 2 aromatic carbocycles. The van der Waals surface area contributed by atoms with Crippen molar-refractivity contribution >= 4 is 39.2 Å². The van der Waals surface area contributed by atoms with Gasteiger partial charge in [0.15, 0.2) is 5.11 Å². The summed E-state index contributed by atoms with van der Waals surface area (Å²) in [7, 11) is 1.36. The number of ether oxygens (including phenoxy) is 2. The van der Waals surface area contributed by atoms with Gasteiger partial charge in [-0.15, -0.1) is 0 Å². The Balaban J connectivity index is 1.84. The number of esters is 1. The van der Waals surface area contributed by atoms with Crippen molar-refractivity contribution in [3.05, 3.63) is 75.4 Å². The van der Waals surface area contributed by atoms with Gasteiger partial charge < -0.3 is 20.1 Å². The lowest BCUT2D eigenvalue weighted by atomic mass is 9.95. The molecule has 0 saturated heterocycles. The van der Waals surface area contributed by atoms with Crippen LogP contribution in [-0.2, 0) is 16.1 Å². The van der Waals surface area contributed by atoms with Gasteiger partial charge >= 0.3 is 5.97 Å². The van der Waals surface area contributed by atoms with E-state index in [9.17, 15) is 4.79 Å². The van der Waals surface area contributed by atoms with Gasteiger partial charge in [0.05, 0.1) is 23.2 Å². The van der Waals surface area contributed by atoms with Crippen LogP contribution in [0.4, 0.5) is 0 Å². The van der Waals surface area contributed by atoms with Gasteiger partial charge in [0.2, 0.25) is 0 Å². The number of rotatable bonds is 5. The zero-order valence-electron chi connectivity index (χ0n) is 14.9. The molecule has 1 aliphatic heterocycles. The van der Waals surface area contributed by atoms with Crippen molar-refractivity contribution in [2.24, 2.45) is 0 Å². The van der Waals surface area contributed by atoms with Crippen LogP contribution in [0.25, 0.3) is 0 Å². The summed E-state index contributed by atoms with van der Waals surface area (Å²) in [5.41, 5.74) is 3.13. The molecule has 1 atom stereocenters. The van der Waals surface area contributed by atoms with E-state index in [4.69, 9.17) is 21.7 Å². The second-order valence-electron chi connectivity index (χ2n) is 6.03. The van der Waals surface area contributed by atoms with Crippen molar-refractivity contribution in [2.45, 2.75) is 19.6 Å². The molecule has 2 N–H and O–H groups in total. The normalized spacial score (nSPS) is 16.4. The van der Waals surface area contributed by atoms with Crippen LogP contribution in [0.5, 0.6) is 5.75 Å². The first-order valence-corrected chi connectivity index (χ1v) is 9.52. The van der Waals surface area contributed by atoms with Gasteiger partial charge in [0.25, 0.3) is 0 Å². The van der Waals surface area contributed by atoms with Crippen LogP contribution < -0.4 is 15.4 Å². The Morgan fingerprint density at radius 2 is 1.96 bits per heavy atom. The molecule has 0 amide bonds. The Kier molecular flexibility index (Phi) is 6.13. The lowest BCUT2D eigenvalue weighted by Crippen LogP contribution is -2.45. The molecule has 2 aromatic rings. The van der Waals surface area contributed by atoms with Crippen LogP contribution in [0, 0.1) is 0 Å². The number of carbonyl (C=O) groups excluding carboxylic acids is 1. The molecule has 5 nitrogen and oxygen atoms in total. The van der Waals surface area contributed by atoms with Crippen molar-refractivity contribution in [1.29, 1.82) is 0 Å². The molecule has 0 aliphatic carbocycles. The molecule has 0 bridgehead atoms. The Morgan fingerprint density at radius 3 is 2.63 bits per heavy atom. The van der Waals surface area contributed by atoms with Gasteiger partial charge in [-0.25, -0.2) is 4.79 Å². The third-order valence-corrected chi connectivity index (χ3v) is 5.04. The van der Waals surface area contributed by atoms with Crippen LogP contribution >= 0.6 is 28.1 Å². The summed E-state index contributed by atoms with van der Waals surface area (Å²) >= 11 is 8.80. The molecule has 1 heterocycles. The summed E-state index contributed by atoms with van der Waals surface area (Å²) in [6.07, 6.45) is 0. The molecule has 140 valence electrons. The maximum absolute atomic E-state index is 12.2. The minimum absolute atomic E-state index is 0.398. The summed E-state index contributed by atoms with van der Waals surface area (Å²) in [4.78, 5) is 12.2. The van der Waals surface area contributed by atoms with Gasteiger partial charge in [-0.3, -0.25) is 0 Å². The zero-order valence-corrected chi connectivity index (χ0v) is 17.3. The van der Waals surface area contributed by atoms with Crippen molar-refractivity contribution in [2.75, 3.05) is 7.11 Å². The Morgan fingerprint density at radius 1 is 1.22 bits per heavy atom. The number of hydrogen-bond acceptors (Lipinski definition) is 4. The molecule has 1 aliphatic rings. The number of benzene rings is 2. The molecule has 1 unspecified atom stereocenters. The molecule has 7 heteroatoms. The third kappa shape index (κ3) is 4.48. The minimum atomic E-state index is -0.402. The topological polar surface area (TPSA) is 59.6 Å². The largest absolute Gasteiger partial charge is 0.488 e. The Hall–Kier alpha value is -2.38. The lowest BCUT2D eigenvalue weighted by molar-refractivity contribution is -0.136. The number of hydrogen-bond donors (Lipinski definition) is 2. The SMILES string of the molecule is COC(=O)C1=C(C)NC(=S)NC1c1ccc(OCc2ccccc2)c(Br)c1. The Labute approximate surface area is 171 Å². The molecule has 0 aromatic heterocycles. The lowest BCUT2D eigenvalue weighted by Gasteiger charge is -2.29. The zero-order chi connectivity index (χ0) is 19.4. The first-order valence-electron chi connectivity index (χ1n) is 8.32. The molecular formula is C20H19BrN2O3S. The fraction of sp³-hybridized carbons (Fsp3) is 0.200. The van der Waals surface area contributed by atoms with Crippen molar-refractivity contribution in [3.63, 3.8) is 0 Å². The fourth-order valence-corrected chi connectivity index (χ4v) is 3.66. The number of thiocarbonyl (C=S) groups is 1. The average molecular weight is 447 g/mol. The van der Waals surface area contributed by atoms with E-state index in [1.165, 1.54) is 7.11 Å². The molecule has 0 fully saturated rings. The van der Waals surface area contributed by atoms with Gasteiger partial charge in [-0.2, -0.15) is 0 Å². The van der Waals surface area contributed by atoms with E-state index in [1.54, 1.807) is 6.92 Å². The second-order valence-corrected chi connectivity index (χ2v) is 7.29. The van der Waals surface area contributed by atoms with Crippen LogP contribution in [-0.4, -0.2) is 18.2 Å². The van der Waals surface area contributed by atoms with Gasteiger partial charge in [-0.1, -0.05) is 36.4 Å². The van der Waals surface area contributed by atoms with Crippen molar-refractivity contribution in [3.8, 4) is 5.75 Å². The first-order chi connectivity index (χ1) is 13.0. The number of methoxy groups -OCH3 is 1. The summed E-state index contributed by atoms with van der Waals surface area (Å²) in [6.45, 7) is 2.28. The van der Waals surface area contributed by atoms with Crippen LogP contribution in [0.15, 0.2) is 64.3 Å². The number of carbonyl (C=O) groups is 1. The molecule has 27 heavy (non-hydrogen) atoms. The van der Waals surface area contributed by atoms with E-state index < -0.39 is 12.0 Å². The third-order valence-electron chi connectivity index (χ3n) is 4.20. The maximum Gasteiger partial charge on any atom is 0.337 e. The average Bonchev–Trinajstić information content (AvgIpc) is 2.66. The molecule has 0 spiro atoms. The van der Waals surface area contributed by atoms with Crippen LogP contribution in [0.2, 0.25) is 0 Å². The predicted molar refractivity (Wildman–Crippen MR) is 111 cm³/mol. The number of halogens is 1. The fourth-order valence-electron chi connectivity index (χ4n) is 2.87. The highest BCUT2D eigenvalue weighted by Crippen LogP contribution is 2.33. The standard InChI is InChI=1S/C20H19BrN2O3S/c1-12-17(19(24)25-2)18(23-20(27)22-12)14-8-9-16(15(21)10-14)26-11-13-6-4-3-5-7-13/h3-10,18H,11H2,1-2H3,(H2,22,23,27). The molecule has 0 saturated carbocycles. The summed E-state index contributed by atoms with van der Waals surface area (Å²) in [5.74, 6) is 0.319. The highest BCUT2D eigenvalue weighted by atomic mass is 79.9. The van der Waals surface area contributed by atoms with E-state index in [-0.39, 0.29) is 0 Å². The smallest absolute Gasteiger partial charge is 0.337 e. The van der Waals surface area contributed by atoms with E-state index in [2.05, 4.69) is 26.6 Å². The maximum atomic E-state index is 12.2. The molecule has 3 rings (SSSR count). The van der Waals surface area contributed by atoms with E-state index in [0.717, 1.165) is 21.3 Å². The van der Waals surface area contributed by atoms with Gasteiger partial charge in [0, 0.05) is 5.70 Å². The summed E-state index contributed by atoms with van der Waals surface area (Å²) < 4.78 is 11.6. The van der Waals surface area contributed by atoms with Crippen molar-refractivity contribution < 1.29 is 14.3 Å². The highest BCUT2D eigenvalue weighted by molar-refractivity contribution is 9.10. The molecule has 0 radical (unpaired) electrons.